The molecule has 62 valence electrons. The van der Waals surface area contributed by atoms with Gasteiger partial charge in [0.25, 0.3) is 0 Å². The maximum Gasteiger partial charge on any atom is 0.0613 e. The standard InChI is InChI=1S/C7H17NO2/c1-7(6-10-3)8-4-5-9-2/h7-8H,4-6H2,1-3H3/t7-/m1/s1. The minimum absolute atomic E-state index is 0.417. The molecule has 1 atom stereocenters. The van der Waals surface area contributed by atoms with Crippen molar-refractivity contribution in [1.29, 1.82) is 0 Å². The minimum atomic E-state index is 0.417. The first kappa shape index (κ1) is 9.88. The largest absolute Gasteiger partial charge is 0.383 e. The molecule has 0 aromatic rings. The smallest absolute Gasteiger partial charge is 0.0613 e. The zero-order valence-corrected chi connectivity index (χ0v) is 7.02. The fourth-order valence-corrected chi connectivity index (χ4v) is 0.716. The van der Waals surface area contributed by atoms with Crippen molar-refractivity contribution >= 4 is 0 Å². The second kappa shape index (κ2) is 6.99. The first-order valence-electron chi connectivity index (χ1n) is 3.52. The highest BCUT2D eigenvalue weighted by molar-refractivity contribution is 4.57. The van der Waals surface area contributed by atoms with E-state index < -0.39 is 0 Å². The van der Waals surface area contributed by atoms with Crippen molar-refractivity contribution in [3.8, 4) is 0 Å². The summed E-state index contributed by atoms with van der Waals surface area (Å²) >= 11 is 0. The number of hydrogen-bond acceptors (Lipinski definition) is 3. The van der Waals surface area contributed by atoms with E-state index in [1.807, 2.05) is 0 Å². The third-order valence-corrected chi connectivity index (χ3v) is 1.22. The Bertz CT molecular complexity index is 68.6. The summed E-state index contributed by atoms with van der Waals surface area (Å²) in [6.07, 6.45) is 0. The van der Waals surface area contributed by atoms with Crippen molar-refractivity contribution in [2.24, 2.45) is 0 Å². The molecule has 0 aliphatic heterocycles. The lowest BCUT2D eigenvalue weighted by atomic mass is 10.3. The topological polar surface area (TPSA) is 30.5 Å². The predicted octanol–water partition coefficient (Wildman–Crippen LogP) is 0.257. The van der Waals surface area contributed by atoms with Crippen LogP contribution in [0.2, 0.25) is 0 Å². The number of rotatable bonds is 6. The lowest BCUT2D eigenvalue weighted by Gasteiger charge is -2.11. The van der Waals surface area contributed by atoms with Gasteiger partial charge in [0.2, 0.25) is 0 Å². The molecular weight excluding hydrogens is 130 g/mol. The van der Waals surface area contributed by atoms with Gasteiger partial charge in [-0.3, -0.25) is 0 Å². The lowest BCUT2D eigenvalue weighted by Crippen LogP contribution is -2.32. The van der Waals surface area contributed by atoms with Crippen molar-refractivity contribution in [1.82, 2.24) is 5.32 Å². The Morgan fingerprint density at radius 3 is 2.50 bits per heavy atom. The predicted molar refractivity (Wildman–Crippen MR) is 41.2 cm³/mol. The van der Waals surface area contributed by atoms with Crippen LogP contribution in [0.5, 0.6) is 0 Å². The SMILES string of the molecule is COCCN[C@H](C)COC. The van der Waals surface area contributed by atoms with Gasteiger partial charge >= 0.3 is 0 Å². The summed E-state index contributed by atoms with van der Waals surface area (Å²) in [6, 6.07) is 0.417. The van der Waals surface area contributed by atoms with Crippen molar-refractivity contribution in [3.63, 3.8) is 0 Å². The van der Waals surface area contributed by atoms with Crippen LogP contribution in [-0.4, -0.2) is 40.0 Å². The van der Waals surface area contributed by atoms with Crippen LogP contribution in [0.1, 0.15) is 6.92 Å². The van der Waals surface area contributed by atoms with Gasteiger partial charge in [-0.2, -0.15) is 0 Å². The summed E-state index contributed by atoms with van der Waals surface area (Å²) in [4.78, 5) is 0. The van der Waals surface area contributed by atoms with Gasteiger partial charge in [0, 0.05) is 26.8 Å². The Morgan fingerprint density at radius 1 is 1.30 bits per heavy atom. The summed E-state index contributed by atoms with van der Waals surface area (Å²) in [5, 5.41) is 3.23. The maximum absolute atomic E-state index is 4.93. The Balaban J connectivity index is 2.97. The minimum Gasteiger partial charge on any atom is -0.383 e. The molecule has 1 N–H and O–H groups in total. The van der Waals surface area contributed by atoms with Crippen LogP contribution in [0, 0.1) is 0 Å². The Hall–Kier alpha value is -0.120. The maximum atomic E-state index is 4.93. The lowest BCUT2D eigenvalue weighted by molar-refractivity contribution is 0.158. The quantitative estimate of drug-likeness (QED) is 0.547. The normalized spacial score (nSPS) is 13.5. The van der Waals surface area contributed by atoms with E-state index >= 15 is 0 Å². The molecule has 0 rings (SSSR count). The fourth-order valence-electron chi connectivity index (χ4n) is 0.716. The molecule has 10 heavy (non-hydrogen) atoms. The molecule has 0 saturated heterocycles. The average molecular weight is 147 g/mol. The summed E-state index contributed by atoms with van der Waals surface area (Å²) in [5.41, 5.74) is 0. The van der Waals surface area contributed by atoms with Crippen LogP contribution in [-0.2, 0) is 9.47 Å². The van der Waals surface area contributed by atoms with Gasteiger partial charge < -0.3 is 14.8 Å². The first-order valence-corrected chi connectivity index (χ1v) is 3.52. The van der Waals surface area contributed by atoms with E-state index in [-0.39, 0.29) is 0 Å². The van der Waals surface area contributed by atoms with E-state index in [1.165, 1.54) is 0 Å². The molecule has 0 aromatic heterocycles. The third-order valence-electron chi connectivity index (χ3n) is 1.22. The Kier molecular flexibility index (Phi) is 6.91. The van der Waals surface area contributed by atoms with Gasteiger partial charge in [0.05, 0.1) is 13.2 Å². The van der Waals surface area contributed by atoms with Gasteiger partial charge in [-0.15, -0.1) is 0 Å². The Morgan fingerprint density at radius 2 is 2.00 bits per heavy atom. The molecule has 0 aliphatic rings. The highest BCUT2D eigenvalue weighted by Gasteiger charge is 1.97. The second-order valence-corrected chi connectivity index (χ2v) is 2.30. The fraction of sp³-hybridized carbons (Fsp3) is 1.00. The van der Waals surface area contributed by atoms with Gasteiger partial charge in [-0.05, 0) is 6.92 Å². The van der Waals surface area contributed by atoms with E-state index in [4.69, 9.17) is 9.47 Å². The molecule has 0 saturated carbocycles. The molecule has 0 amide bonds. The first-order chi connectivity index (χ1) is 4.81. The van der Waals surface area contributed by atoms with E-state index in [2.05, 4.69) is 12.2 Å². The van der Waals surface area contributed by atoms with Crippen molar-refractivity contribution < 1.29 is 9.47 Å². The van der Waals surface area contributed by atoms with Gasteiger partial charge in [-0.1, -0.05) is 0 Å². The number of nitrogens with one attached hydrogen (secondary N) is 1. The van der Waals surface area contributed by atoms with Gasteiger partial charge in [0.15, 0.2) is 0 Å². The highest BCUT2D eigenvalue weighted by atomic mass is 16.5. The highest BCUT2D eigenvalue weighted by Crippen LogP contribution is 1.80. The number of ether oxygens (including phenoxy) is 2. The molecule has 0 aromatic carbocycles. The van der Waals surface area contributed by atoms with E-state index in [1.54, 1.807) is 14.2 Å². The van der Waals surface area contributed by atoms with Crippen molar-refractivity contribution in [3.05, 3.63) is 0 Å². The molecule has 0 radical (unpaired) electrons. The molecule has 0 fully saturated rings. The molecule has 3 nitrogen and oxygen atoms in total. The zero-order chi connectivity index (χ0) is 7.82. The third kappa shape index (κ3) is 6.01. The number of hydrogen-bond donors (Lipinski definition) is 1. The molecular formula is C7H17NO2. The van der Waals surface area contributed by atoms with Crippen LogP contribution in [0.3, 0.4) is 0 Å². The monoisotopic (exact) mass is 147 g/mol. The van der Waals surface area contributed by atoms with Crippen LogP contribution < -0.4 is 5.32 Å². The molecule has 3 heteroatoms. The van der Waals surface area contributed by atoms with E-state index in [9.17, 15) is 0 Å². The molecule has 0 unspecified atom stereocenters. The molecule has 0 heterocycles. The van der Waals surface area contributed by atoms with E-state index in [0.29, 0.717) is 6.04 Å². The molecule has 0 aliphatic carbocycles. The average Bonchev–Trinajstić information content (AvgIpc) is 1.89. The summed E-state index contributed by atoms with van der Waals surface area (Å²) in [5.74, 6) is 0. The molecule has 0 bridgehead atoms. The van der Waals surface area contributed by atoms with Crippen LogP contribution >= 0.6 is 0 Å². The zero-order valence-electron chi connectivity index (χ0n) is 7.02. The van der Waals surface area contributed by atoms with Crippen LogP contribution in [0.4, 0.5) is 0 Å². The Labute approximate surface area is 62.7 Å². The van der Waals surface area contributed by atoms with Crippen LogP contribution in [0.15, 0.2) is 0 Å². The van der Waals surface area contributed by atoms with Crippen LogP contribution in [0.25, 0.3) is 0 Å². The van der Waals surface area contributed by atoms with Crippen molar-refractivity contribution in [2.45, 2.75) is 13.0 Å². The van der Waals surface area contributed by atoms with Gasteiger partial charge in [-0.25, -0.2) is 0 Å². The van der Waals surface area contributed by atoms with Gasteiger partial charge in [0.1, 0.15) is 0 Å². The summed E-state index contributed by atoms with van der Waals surface area (Å²) in [7, 11) is 3.40. The van der Waals surface area contributed by atoms with Crippen molar-refractivity contribution in [2.75, 3.05) is 34.0 Å². The second-order valence-electron chi connectivity index (χ2n) is 2.30. The summed E-state index contributed by atoms with van der Waals surface area (Å²) < 4.78 is 9.80. The van der Waals surface area contributed by atoms with E-state index in [0.717, 1.165) is 19.8 Å². The number of methoxy groups -OCH3 is 2. The molecule has 0 spiro atoms. The summed E-state index contributed by atoms with van der Waals surface area (Å²) in [6.45, 7) is 4.48.